The molecule has 1 aliphatic heterocycles. The minimum Gasteiger partial charge on any atom is -0.356 e. The molecule has 6 heteroatoms. The van der Waals surface area contributed by atoms with Crippen molar-refractivity contribution in [3.63, 3.8) is 0 Å². The lowest BCUT2D eigenvalue weighted by Crippen LogP contribution is -2.31. The van der Waals surface area contributed by atoms with Gasteiger partial charge in [-0.1, -0.05) is 17.3 Å². The molecule has 0 aliphatic carbocycles. The van der Waals surface area contributed by atoms with Crippen LogP contribution >= 0.6 is 0 Å². The van der Waals surface area contributed by atoms with Gasteiger partial charge >= 0.3 is 0 Å². The molecular weight excluding hydrogens is 331 g/mol. The first-order chi connectivity index (χ1) is 12.8. The van der Waals surface area contributed by atoms with E-state index in [1.165, 1.54) is 12.1 Å². The van der Waals surface area contributed by atoms with E-state index in [1.807, 2.05) is 24.3 Å². The van der Waals surface area contributed by atoms with Crippen molar-refractivity contribution in [2.24, 2.45) is 0 Å². The molecule has 4 aromatic rings. The fourth-order valence-electron chi connectivity index (χ4n) is 3.34. The zero-order valence-electron chi connectivity index (χ0n) is 13.9. The molecular formula is C20H15FN4O. The molecule has 0 radical (unpaired) electrons. The summed E-state index contributed by atoms with van der Waals surface area (Å²) in [6, 6.07) is 14.1. The number of hydrogen-bond donors (Lipinski definition) is 0. The number of aromatic nitrogens is 3. The van der Waals surface area contributed by atoms with E-state index in [1.54, 1.807) is 18.3 Å². The van der Waals surface area contributed by atoms with Crippen molar-refractivity contribution >= 4 is 16.9 Å². The molecule has 2 aromatic carbocycles. The maximum absolute atomic E-state index is 13.2. The molecule has 128 valence electrons. The van der Waals surface area contributed by atoms with Gasteiger partial charge in [0.25, 0.3) is 0 Å². The van der Waals surface area contributed by atoms with Crippen LogP contribution in [0.1, 0.15) is 11.3 Å². The Morgan fingerprint density at radius 3 is 2.65 bits per heavy atom. The van der Waals surface area contributed by atoms with Crippen LogP contribution in [0.3, 0.4) is 0 Å². The predicted molar refractivity (Wildman–Crippen MR) is 96.2 cm³/mol. The second-order valence-electron chi connectivity index (χ2n) is 6.33. The fourth-order valence-corrected chi connectivity index (χ4v) is 3.34. The van der Waals surface area contributed by atoms with Crippen molar-refractivity contribution in [2.75, 3.05) is 11.4 Å². The molecule has 0 spiro atoms. The van der Waals surface area contributed by atoms with Crippen LogP contribution < -0.4 is 4.90 Å². The number of fused-ring (bicyclic) bond motifs is 2. The molecule has 0 unspecified atom stereocenters. The van der Waals surface area contributed by atoms with Crippen molar-refractivity contribution in [3.8, 4) is 11.3 Å². The van der Waals surface area contributed by atoms with Gasteiger partial charge in [0.1, 0.15) is 11.6 Å². The second-order valence-corrected chi connectivity index (χ2v) is 6.33. The normalized spacial score (nSPS) is 13.8. The Hall–Kier alpha value is -3.28. The molecule has 2 aromatic heterocycles. The van der Waals surface area contributed by atoms with Gasteiger partial charge in [0.2, 0.25) is 0 Å². The molecule has 3 heterocycles. The molecule has 0 amide bonds. The fraction of sp³-hybridized carbons (Fsp3) is 0.150. The van der Waals surface area contributed by atoms with Gasteiger partial charge in [0.15, 0.2) is 5.76 Å². The van der Waals surface area contributed by atoms with E-state index in [4.69, 9.17) is 9.51 Å². The zero-order valence-corrected chi connectivity index (χ0v) is 13.9. The van der Waals surface area contributed by atoms with E-state index in [0.29, 0.717) is 12.3 Å². The van der Waals surface area contributed by atoms with E-state index in [9.17, 15) is 4.39 Å². The Bertz CT molecular complexity index is 1090. The average molecular weight is 346 g/mol. The van der Waals surface area contributed by atoms with Gasteiger partial charge in [-0.05, 0) is 36.4 Å². The van der Waals surface area contributed by atoms with Crippen molar-refractivity contribution < 1.29 is 8.91 Å². The minimum absolute atomic E-state index is 0.268. The summed E-state index contributed by atoms with van der Waals surface area (Å²) in [4.78, 5) is 11.4. The Balaban J connectivity index is 1.50. The Morgan fingerprint density at radius 2 is 1.81 bits per heavy atom. The summed E-state index contributed by atoms with van der Waals surface area (Å²) in [7, 11) is 0. The SMILES string of the molecule is Fc1ccc(-c2onc3c2CN(c2cnc4ccccc4n2)CC3)cc1. The first-order valence-electron chi connectivity index (χ1n) is 8.48. The molecule has 5 nitrogen and oxygen atoms in total. The van der Waals surface area contributed by atoms with Crippen molar-refractivity contribution in [1.29, 1.82) is 0 Å². The maximum Gasteiger partial charge on any atom is 0.172 e. The highest BCUT2D eigenvalue weighted by Crippen LogP contribution is 2.32. The number of rotatable bonds is 2. The average Bonchev–Trinajstić information content (AvgIpc) is 3.11. The minimum atomic E-state index is -0.268. The van der Waals surface area contributed by atoms with Crippen molar-refractivity contribution in [3.05, 3.63) is 71.8 Å². The first-order valence-corrected chi connectivity index (χ1v) is 8.48. The van der Waals surface area contributed by atoms with Gasteiger partial charge in [-0.2, -0.15) is 0 Å². The van der Waals surface area contributed by atoms with Crippen LogP contribution in [0.5, 0.6) is 0 Å². The number of halogens is 1. The van der Waals surface area contributed by atoms with E-state index in [2.05, 4.69) is 15.0 Å². The van der Waals surface area contributed by atoms with Crippen molar-refractivity contribution in [2.45, 2.75) is 13.0 Å². The summed E-state index contributed by atoms with van der Waals surface area (Å²) >= 11 is 0. The van der Waals surface area contributed by atoms with Gasteiger partial charge < -0.3 is 9.42 Å². The molecule has 0 bridgehead atoms. The van der Waals surface area contributed by atoms with Crippen LogP contribution in [-0.2, 0) is 13.0 Å². The lowest BCUT2D eigenvalue weighted by molar-refractivity contribution is 0.424. The largest absolute Gasteiger partial charge is 0.356 e. The standard InChI is InChI=1S/C20H15FN4O/c21-14-7-5-13(6-8-14)20-15-12-25(10-9-16(15)24-26-20)19-11-22-17-3-1-2-4-18(17)23-19/h1-8,11H,9-10,12H2. The summed E-state index contributed by atoms with van der Waals surface area (Å²) in [5.74, 6) is 1.26. The number of hydrogen-bond acceptors (Lipinski definition) is 5. The molecule has 5 rings (SSSR count). The number of anilines is 1. The molecule has 0 atom stereocenters. The molecule has 0 saturated heterocycles. The monoisotopic (exact) mass is 346 g/mol. The highest BCUT2D eigenvalue weighted by molar-refractivity contribution is 5.75. The third-order valence-electron chi connectivity index (χ3n) is 4.70. The molecule has 26 heavy (non-hydrogen) atoms. The van der Waals surface area contributed by atoms with Crippen LogP contribution in [0, 0.1) is 5.82 Å². The van der Waals surface area contributed by atoms with Crippen LogP contribution in [0.2, 0.25) is 0 Å². The lowest BCUT2D eigenvalue weighted by Gasteiger charge is -2.27. The number of benzene rings is 2. The van der Waals surface area contributed by atoms with Crippen LogP contribution in [0.4, 0.5) is 10.2 Å². The topological polar surface area (TPSA) is 55.1 Å². The Kier molecular flexibility index (Phi) is 3.41. The zero-order chi connectivity index (χ0) is 17.5. The summed E-state index contributed by atoms with van der Waals surface area (Å²) in [5, 5.41) is 4.20. The molecule has 0 saturated carbocycles. The Labute approximate surface area is 149 Å². The maximum atomic E-state index is 13.2. The quantitative estimate of drug-likeness (QED) is 0.549. The van der Waals surface area contributed by atoms with Crippen LogP contribution in [0.15, 0.2) is 59.3 Å². The molecule has 1 aliphatic rings. The molecule has 0 fully saturated rings. The number of para-hydroxylation sites is 2. The van der Waals surface area contributed by atoms with Gasteiger partial charge in [-0.15, -0.1) is 0 Å². The van der Waals surface area contributed by atoms with Crippen LogP contribution in [0.25, 0.3) is 22.4 Å². The van der Waals surface area contributed by atoms with Gasteiger partial charge in [-0.25, -0.2) is 9.37 Å². The van der Waals surface area contributed by atoms with Gasteiger partial charge in [0, 0.05) is 24.1 Å². The first kappa shape index (κ1) is 15.0. The highest BCUT2D eigenvalue weighted by atomic mass is 19.1. The third kappa shape index (κ3) is 2.50. The van der Waals surface area contributed by atoms with E-state index < -0.39 is 0 Å². The number of nitrogens with zero attached hydrogens (tertiary/aromatic N) is 4. The summed E-state index contributed by atoms with van der Waals surface area (Å²) < 4.78 is 18.8. The summed E-state index contributed by atoms with van der Waals surface area (Å²) in [5.41, 5.74) is 4.56. The van der Waals surface area contributed by atoms with Crippen LogP contribution in [-0.4, -0.2) is 21.7 Å². The van der Waals surface area contributed by atoms with E-state index >= 15 is 0 Å². The lowest BCUT2D eigenvalue weighted by atomic mass is 10.0. The summed E-state index contributed by atoms with van der Waals surface area (Å²) in [6.45, 7) is 1.44. The van der Waals surface area contributed by atoms with Gasteiger partial charge in [0.05, 0.1) is 29.5 Å². The highest BCUT2D eigenvalue weighted by Gasteiger charge is 2.25. The van der Waals surface area contributed by atoms with E-state index in [-0.39, 0.29) is 5.82 Å². The predicted octanol–water partition coefficient (Wildman–Crippen LogP) is 3.99. The smallest absolute Gasteiger partial charge is 0.172 e. The van der Waals surface area contributed by atoms with Gasteiger partial charge in [-0.3, -0.25) is 4.98 Å². The third-order valence-corrected chi connectivity index (χ3v) is 4.70. The second kappa shape index (κ2) is 5.91. The van der Waals surface area contributed by atoms with E-state index in [0.717, 1.165) is 46.6 Å². The van der Waals surface area contributed by atoms with Crippen molar-refractivity contribution in [1.82, 2.24) is 15.1 Å². The summed E-state index contributed by atoms with van der Waals surface area (Å²) in [6.07, 6.45) is 2.58. The Morgan fingerprint density at radius 1 is 1.00 bits per heavy atom. The molecule has 0 N–H and O–H groups in total.